The highest BCUT2D eigenvalue weighted by molar-refractivity contribution is 14.1. The maximum absolute atomic E-state index is 9.91. The van der Waals surface area contributed by atoms with E-state index >= 15 is 0 Å². The zero-order valence-electron chi connectivity index (χ0n) is 11.3. The Morgan fingerprint density at radius 3 is 2.65 bits per heavy atom. The van der Waals surface area contributed by atoms with Crippen molar-refractivity contribution in [2.24, 2.45) is 0 Å². The van der Waals surface area contributed by atoms with Crippen LogP contribution in [-0.2, 0) is 0 Å². The van der Waals surface area contributed by atoms with Gasteiger partial charge in [-0.3, -0.25) is 0 Å². The lowest BCUT2D eigenvalue weighted by Crippen LogP contribution is -2.26. The van der Waals surface area contributed by atoms with Crippen LogP contribution in [-0.4, -0.2) is 24.4 Å². The molecule has 0 aliphatic carbocycles. The van der Waals surface area contributed by atoms with Gasteiger partial charge in [0.1, 0.15) is 18.5 Å². The van der Waals surface area contributed by atoms with E-state index < -0.39 is 6.10 Å². The number of hydrogen-bond donors (Lipinski definition) is 2. The number of ether oxygens (including phenoxy) is 1. The summed E-state index contributed by atoms with van der Waals surface area (Å²) in [5.41, 5.74) is 2.21. The van der Waals surface area contributed by atoms with Gasteiger partial charge in [-0.05, 0) is 71.5 Å². The zero-order chi connectivity index (χ0) is 14.4. The summed E-state index contributed by atoms with van der Waals surface area (Å²) in [6, 6.07) is 15.8. The van der Waals surface area contributed by atoms with Gasteiger partial charge in [-0.15, -0.1) is 0 Å². The van der Waals surface area contributed by atoms with Gasteiger partial charge in [0.05, 0.1) is 0 Å². The van der Waals surface area contributed by atoms with Crippen molar-refractivity contribution in [2.45, 2.75) is 13.0 Å². The second-order valence-electron chi connectivity index (χ2n) is 4.67. The predicted octanol–water partition coefficient (Wildman–Crippen LogP) is 3.45. The summed E-state index contributed by atoms with van der Waals surface area (Å²) in [6.07, 6.45) is -0.546. The third kappa shape index (κ3) is 5.02. The molecule has 0 saturated heterocycles. The number of aryl methyl sites for hydroxylation is 1. The molecule has 3 nitrogen and oxygen atoms in total. The van der Waals surface area contributed by atoms with Crippen LogP contribution in [0.5, 0.6) is 5.75 Å². The molecular weight excluding hydrogens is 365 g/mol. The van der Waals surface area contributed by atoms with Gasteiger partial charge in [-0.25, -0.2) is 0 Å². The molecule has 0 aliphatic heterocycles. The maximum Gasteiger partial charge on any atom is 0.119 e. The number of rotatable bonds is 6. The lowest BCUT2D eigenvalue weighted by molar-refractivity contribution is 0.117. The fraction of sp³-hybridized carbons (Fsp3) is 0.250. The summed E-state index contributed by atoms with van der Waals surface area (Å²) in [7, 11) is 0. The first-order valence-electron chi connectivity index (χ1n) is 6.50. The third-order valence-electron chi connectivity index (χ3n) is 2.82. The van der Waals surface area contributed by atoms with Crippen LogP contribution in [0.4, 0.5) is 5.69 Å². The van der Waals surface area contributed by atoms with E-state index in [2.05, 4.69) is 27.9 Å². The normalized spacial score (nSPS) is 11.9. The SMILES string of the molecule is Cc1cccc(NCC(O)COc2ccc(I)cc2)c1. The Balaban J connectivity index is 1.75. The molecule has 20 heavy (non-hydrogen) atoms. The number of hydrogen-bond acceptors (Lipinski definition) is 3. The minimum atomic E-state index is -0.546. The van der Waals surface area contributed by atoms with Gasteiger partial charge in [-0.1, -0.05) is 12.1 Å². The van der Waals surface area contributed by atoms with Crippen LogP contribution in [0, 0.1) is 10.5 Å². The molecule has 0 radical (unpaired) electrons. The Morgan fingerprint density at radius 1 is 1.20 bits per heavy atom. The number of nitrogens with one attached hydrogen (secondary N) is 1. The molecule has 0 aliphatic rings. The maximum atomic E-state index is 9.91. The summed E-state index contributed by atoms with van der Waals surface area (Å²) < 4.78 is 6.71. The number of benzene rings is 2. The van der Waals surface area contributed by atoms with Crippen molar-refractivity contribution in [3.05, 3.63) is 57.7 Å². The molecule has 4 heteroatoms. The first-order chi connectivity index (χ1) is 9.63. The molecule has 0 aromatic heterocycles. The van der Waals surface area contributed by atoms with Crippen LogP contribution in [0.25, 0.3) is 0 Å². The minimum Gasteiger partial charge on any atom is -0.491 e. The summed E-state index contributed by atoms with van der Waals surface area (Å²) in [4.78, 5) is 0. The quantitative estimate of drug-likeness (QED) is 0.751. The Kier molecular flexibility index (Phi) is 5.67. The first kappa shape index (κ1) is 15.1. The number of anilines is 1. The highest BCUT2D eigenvalue weighted by Crippen LogP contribution is 2.14. The number of aliphatic hydroxyl groups excluding tert-OH is 1. The van der Waals surface area contributed by atoms with E-state index in [1.54, 1.807) is 0 Å². The molecule has 0 saturated carbocycles. The standard InChI is InChI=1S/C16H18INO2/c1-12-3-2-4-14(9-12)18-10-15(19)11-20-16-7-5-13(17)6-8-16/h2-9,15,18-19H,10-11H2,1H3. The topological polar surface area (TPSA) is 41.5 Å². The highest BCUT2D eigenvalue weighted by atomic mass is 127. The number of aliphatic hydroxyl groups is 1. The molecule has 106 valence electrons. The van der Waals surface area contributed by atoms with Crippen LogP contribution in [0.3, 0.4) is 0 Å². The van der Waals surface area contributed by atoms with E-state index in [-0.39, 0.29) is 6.61 Å². The van der Waals surface area contributed by atoms with Gasteiger partial charge in [-0.2, -0.15) is 0 Å². The molecular formula is C16H18INO2. The first-order valence-corrected chi connectivity index (χ1v) is 7.58. The third-order valence-corrected chi connectivity index (χ3v) is 3.54. The van der Waals surface area contributed by atoms with Crippen molar-refractivity contribution in [3.63, 3.8) is 0 Å². The molecule has 2 aromatic rings. The van der Waals surface area contributed by atoms with Crippen molar-refractivity contribution in [2.75, 3.05) is 18.5 Å². The van der Waals surface area contributed by atoms with E-state index in [4.69, 9.17) is 4.74 Å². The molecule has 0 bridgehead atoms. The summed E-state index contributed by atoms with van der Waals surface area (Å²) in [6.45, 7) is 2.79. The predicted molar refractivity (Wildman–Crippen MR) is 90.3 cm³/mol. The van der Waals surface area contributed by atoms with Crippen molar-refractivity contribution in [3.8, 4) is 5.75 Å². The van der Waals surface area contributed by atoms with E-state index in [1.807, 2.05) is 55.5 Å². The fourth-order valence-electron chi connectivity index (χ4n) is 1.77. The molecule has 1 atom stereocenters. The Labute approximate surface area is 133 Å². The van der Waals surface area contributed by atoms with E-state index in [0.717, 1.165) is 15.0 Å². The molecule has 2 rings (SSSR count). The number of halogens is 1. The molecule has 0 fully saturated rings. The molecule has 2 aromatic carbocycles. The van der Waals surface area contributed by atoms with Crippen LogP contribution in [0.1, 0.15) is 5.56 Å². The van der Waals surface area contributed by atoms with Crippen molar-refractivity contribution in [1.82, 2.24) is 0 Å². The van der Waals surface area contributed by atoms with Gasteiger partial charge < -0.3 is 15.2 Å². The largest absolute Gasteiger partial charge is 0.491 e. The molecule has 2 N–H and O–H groups in total. The smallest absolute Gasteiger partial charge is 0.119 e. The average Bonchev–Trinajstić information content (AvgIpc) is 2.45. The van der Waals surface area contributed by atoms with Crippen LogP contribution < -0.4 is 10.1 Å². The van der Waals surface area contributed by atoms with Crippen molar-refractivity contribution >= 4 is 28.3 Å². The van der Waals surface area contributed by atoms with E-state index in [1.165, 1.54) is 5.56 Å². The summed E-state index contributed by atoms with van der Waals surface area (Å²) in [5, 5.41) is 13.1. The average molecular weight is 383 g/mol. The van der Waals surface area contributed by atoms with Crippen LogP contribution in [0.2, 0.25) is 0 Å². The molecule has 0 amide bonds. The summed E-state index contributed by atoms with van der Waals surface area (Å²) >= 11 is 2.25. The molecule has 0 spiro atoms. The Morgan fingerprint density at radius 2 is 1.95 bits per heavy atom. The van der Waals surface area contributed by atoms with E-state index in [9.17, 15) is 5.11 Å². The summed E-state index contributed by atoms with van der Waals surface area (Å²) in [5.74, 6) is 0.778. The monoisotopic (exact) mass is 383 g/mol. The second-order valence-corrected chi connectivity index (χ2v) is 5.91. The zero-order valence-corrected chi connectivity index (χ0v) is 13.5. The van der Waals surface area contributed by atoms with E-state index in [0.29, 0.717) is 6.54 Å². The van der Waals surface area contributed by atoms with Gasteiger partial charge in [0.15, 0.2) is 0 Å². The van der Waals surface area contributed by atoms with Crippen molar-refractivity contribution in [1.29, 1.82) is 0 Å². The molecule has 1 unspecified atom stereocenters. The Hall–Kier alpha value is -1.27. The van der Waals surface area contributed by atoms with Gasteiger partial charge in [0, 0.05) is 15.8 Å². The Bertz CT molecular complexity index is 542. The lowest BCUT2D eigenvalue weighted by Gasteiger charge is -2.14. The van der Waals surface area contributed by atoms with Gasteiger partial charge in [0.25, 0.3) is 0 Å². The van der Waals surface area contributed by atoms with Gasteiger partial charge >= 0.3 is 0 Å². The van der Waals surface area contributed by atoms with Gasteiger partial charge in [0.2, 0.25) is 0 Å². The lowest BCUT2D eigenvalue weighted by atomic mass is 10.2. The second kappa shape index (κ2) is 7.50. The van der Waals surface area contributed by atoms with Crippen molar-refractivity contribution < 1.29 is 9.84 Å². The highest BCUT2D eigenvalue weighted by Gasteiger charge is 2.05. The molecule has 0 heterocycles. The fourth-order valence-corrected chi connectivity index (χ4v) is 2.13. The van der Waals surface area contributed by atoms with Crippen LogP contribution in [0.15, 0.2) is 48.5 Å². The van der Waals surface area contributed by atoms with Crippen LogP contribution >= 0.6 is 22.6 Å². The minimum absolute atomic E-state index is 0.277.